The highest BCUT2D eigenvalue weighted by Crippen LogP contribution is 2.47. The molecule has 242 valence electrons. The fraction of sp³-hybridized carbons (Fsp3) is 0.324. The van der Waals surface area contributed by atoms with E-state index in [4.69, 9.17) is 19.6 Å². The molecule has 1 aliphatic carbocycles. The number of fused-ring (bicyclic) bond motifs is 5. The first-order valence-corrected chi connectivity index (χ1v) is 17.0. The molecular weight excluding hydrogens is 612 g/mol. The van der Waals surface area contributed by atoms with Gasteiger partial charge in [0.15, 0.2) is 0 Å². The van der Waals surface area contributed by atoms with Gasteiger partial charge in [-0.05, 0) is 79.6 Å². The summed E-state index contributed by atoms with van der Waals surface area (Å²) in [4.78, 5) is 29.7. The lowest BCUT2D eigenvalue weighted by Crippen LogP contribution is -2.30. The highest BCUT2D eigenvalue weighted by molar-refractivity contribution is 7.09. The first kappa shape index (κ1) is 30.8. The van der Waals surface area contributed by atoms with E-state index in [0.717, 1.165) is 51.7 Å². The Kier molecular flexibility index (Phi) is 8.60. The minimum atomic E-state index is -1.11. The van der Waals surface area contributed by atoms with E-state index in [-0.39, 0.29) is 11.9 Å². The van der Waals surface area contributed by atoms with E-state index < -0.39 is 6.09 Å². The Labute approximate surface area is 277 Å². The second-order valence-electron chi connectivity index (χ2n) is 12.3. The van der Waals surface area contributed by atoms with Crippen molar-refractivity contribution in [3.8, 4) is 22.8 Å². The van der Waals surface area contributed by atoms with E-state index in [0.29, 0.717) is 36.7 Å². The van der Waals surface area contributed by atoms with Crippen molar-refractivity contribution in [3.63, 3.8) is 0 Å². The zero-order chi connectivity index (χ0) is 32.5. The lowest BCUT2D eigenvalue weighted by atomic mass is 9.81. The number of carbonyl (C=O) groups is 2. The summed E-state index contributed by atoms with van der Waals surface area (Å²) < 4.78 is 14.1. The van der Waals surface area contributed by atoms with Crippen LogP contribution in [-0.4, -0.2) is 40.4 Å². The number of ether oxygens (including phenoxy) is 2. The molecule has 1 fully saturated rings. The van der Waals surface area contributed by atoms with Crippen LogP contribution in [-0.2, 0) is 13.0 Å². The Hall–Kier alpha value is -4.83. The highest BCUT2D eigenvalue weighted by Gasteiger charge is 2.30. The number of benzene rings is 3. The number of nitrogens with zero attached hydrogens (tertiary/aromatic N) is 2. The van der Waals surface area contributed by atoms with Crippen LogP contribution in [0, 0.1) is 6.92 Å². The molecule has 10 heteroatoms. The number of hydrogen-bond acceptors (Lipinski definition) is 6. The van der Waals surface area contributed by atoms with Gasteiger partial charge in [-0.3, -0.25) is 10.1 Å². The highest BCUT2D eigenvalue weighted by atomic mass is 32.1. The predicted molar refractivity (Wildman–Crippen MR) is 184 cm³/mol. The van der Waals surface area contributed by atoms with Crippen LogP contribution in [0.4, 0.5) is 10.5 Å². The quantitative estimate of drug-likeness (QED) is 0.156. The Balaban J connectivity index is 1.25. The number of anilines is 1. The molecule has 3 heterocycles. The monoisotopic (exact) mass is 650 g/mol. The molecule has 0 bridgehead atoms. The molecule has 3 aromatic carbocycles. The summed E-state index contributed by atoms with van der Waals surface area (Å²) in [5.74, 6) is 1.87. The second kappa shape index (κ2) is 13.1. The Morgan fingerprint density at radius 3 is 2.62 bits per heavy atom. The molecule has 2 aromatic heterocycles. The van der Waals surface area contributed by atoms with Gasteiger partial charge in [0.25, 0.3) is 5.91 Å². The van der Waals surface area contributed by atoms with E-state index in [9.17, 15) is 9.59 Å². The smallest absolute Gasteiger partial charge is 0.409 e. The van der Waals surface area contributed by atoms with Gasteiger partial charge in [0, 0.05) is 39.2 Å². The van der Waals surface area contributed by atoms with Gasteiger partial charge in [0.2, 0.25) is 0 Å². The van der Waals surface area contributed by atoms with Crippen molar-refractivity contribution in [2.75, 3.05) is 19.0 Å². The number of nitrogens with one attached hydrogen (secondary N) is 2. The summed E-state index contributed by atoms with van der Waals surface area (Å²) in [6, 6.07) is 19.0. The van der Waals surface area contributed by atoms with Crippen molar-refractivity contribution in [1.29, 1.82) is 0 Å². The molecule has 1 saturated carbocycles. The number of hydrogen-bond donors (Lipinski definition) is 3. The number of carboxylic acid groups (broad SMARTS) is 1. The molecule has 7 rings (SSSR count). The number of amides is 2. The van der Waals surface area contributed by atoms with Gasteiger partial charge >= 0.3 is 6.09 Å². The van der Waals surface area contributed by atoms with Crippen LogP contribution >= 0.6 is 11.3 Å². The second-order valence-corrected chi connectivity index (χ2v) is 13.4. The van der Waals surface area contributed by atoms with Crippen molar-refractivity contribution < 1.29 is 24.2 Å². The third-order valence-electron chi connectivity index (χ3n) is 9.34. The summed E-state index contributed by atoms with van der Waals surface area (Å²) in [5.41, 5.74) is 7.50. The van der Waals surface area contributed by atoms with Gasteiger partial charge in [0.05, 0.1) is 36.1 Å². The Morgan fingerprint density at radius 1 is 1.09 bits per heavy atom. The standard InChI is InChI=1S/C37H38N4O5S/c1-22-38-31(21-47-22)30(18-23-8-11-26(12-9-23)39-37(43)44)40-36(42)25-10-14-28-32(19-25)41-16-17-46-33-20-27(45-2)13-15-29(33)35(41)34(28)24-6-4-3-5-7-24/h8-15,19-21,24,30,39H,3-7,16-18H2,1-2H3,(H,40,42)(H,43,44)/t30-/m0/s1. The molecule has 47 heavy (non-hydrogen) atoms. The summed E-state index contributed by atoms with van der Waals surface area (Å²) in [6.07, 6.45) is 5.42. The number of carbonyl (C=O) groups excluding carboxylic acids is 1. The molecular formula is C37H38N4O5S. The molecule has 2 aliphatic rings. The Morgan fingerprint density at radius 2 is 1.89 bits per heavy atom. The lowest BCUT2D eigenvalue weighted by molar-refractivity contribution is 0.0935. The van der Waals surface area contributed by atoms with Gasteiger partial charge < -0.3 is 24.5 Å². The third-order valence-corrected chi connectivity index (χ3v) is 10.1. The van der Waals surface area contributed by atoms with E-state index in [1.165, 1.54) is 35.9 Å². The van der Waals surface area contributed by atoms with Crippen LogP contribution < -0.4 is 20.1 Å². The molecule has 1 aliphatic heterocycles. The number of aryl methyl sites for hydroxylation is 1. The maximum atomic E-state index is 14.0. The van der Waals surface area contributed by atoms with E-state index in [1.807, 2.05) is 48.7 Å². The van der Waals surface area contributed by atoms with Gasteiger partial charge in [-0.2, -0.15) is 0 Å². The van der Waals surface area contributed by atoms with Crippen molar-refractivity contribution in [2.45, 2.75) is 64.0 Å². The SMILES string of the molecule is COc1ccc2c(c1)OCCn1c-2c(C2CCCCC2)c2ccc(C(=O)N[C@@H](Cc3ccc(NC(=O)O)cc3)c3csc(C)n3)cc21. The molecule has 0 radical (unpaired) electrons. The molecule has 2 amide bonds. The third kappa shape index (κ3) is 6.30. The maximum Gasteiger partial charge on any atom is 0.409 e. The van der Waals surface area contributed by atoms with Crippen LogP contribution in [0.1, 0.15) is 76.3 Å². The fourth-order valence-corrected chi connectivity index (χ4v) is 7.80. The minimum absolute atomic E-state index is 0.170. The van der Waals surface area contributed by atoms with Gasteiger partial charge in [-0.15, -0.1) is 11.3 Å². The van der Waals surface area contributed by atoms with Gasteiger partial charge in [-0.25, -0.2) is 9.78 Å². The van der Waals surface area contributed by atoms with E-state index in [2.05, 4.69) is 27.3 Å². The summed E-state index contributed by atoms with van der Waals surface area (Å²) in [5, 5.41) is 18.8. The first-order chi connectivity index (χ1) is 22.9. The van der Waals surface area contributed by atoms with Crippen molar-refractivity contribution >= 4 is 39.9 Å². The van der Waals surface area contributed by atoms with Crippen LogP contribution in [0.15, 0.2) is 66.0 Å². The van der Waals surface area contributed by atoms with Crippen LogP contribution in [0.2, 0.25) is 0 Å². The van der Waals surface area contributed by atoms with Crippen molar-refractivity contribution in [2.24, 2.45) is 0 Å². The average Bonchev–Trinajstić information content (AvgIpc) is 3.60. The summed E-state index contributed by atoms with van der Waals surface area (Å²) >= 11 is 1.55. The van der Waals surface area contributed by atoms with Crippen molar-refractivity contribution in [3.05, 3.63) is 93.4 Å². The zero-order valence-corrected chi connectivity index (χ0v) is 27.4. The number of aromatic nitrogens is 2. The largest absolute Gasteiger partial charge is 0.497 e. The average molecular weight is 651 g/mol. The maximum absolute atomic E-state index is 14.0. The predicted octanol–water partition coefficient (Wildman–Crippen LogP) is 8.33. The van der Waals surface area contributed by atoms with Crippen LogP contribution in [0.3, 0.4) is 0 Å². The zero-order valence-electron chi connectivity index (χ0n) is 26.5. The topological polar surface area (TPSA) is 115 Å². The number of thiazole rings is 1. The number of methoxy groups -OCH3 is 1. The van der Waals surface area contributed by atoms with Crippen LogP contribution in [0.25, 0.3) is 22.2 Å². The number of rotatable bonds is 8. The minimum Gasteiger partial charge on any atom is -0.497 e. The van der Waals surface area contributed by atoms with Crippen LogP contribution in [0.5, 0.6) is 11.5 Å². The normalized spacial score (nSPS) is 15.2. The molecule has 3 N–H and O–H groups in total. The summed E-state index contributed by atoms with van der Waals surface area (Å²) in [6.45, 7) is 3.14. The molecule has 9 nitrogen and oxygen atoms in total. The van der Waals surface area contributed by atoms with Gasteiger partial charge in [-0.1, -0.05) is 37.5 Å². The summed E-state index contributed by atoms with van der Waals surface area (Å²) in [7, 11) is 1.67. The lowest BCUT2D eigenvalue weighted by Gasteiger charge is -2.23. The van der Waals surface area contributed by atoms with E-state index >= 15 is 0 Å². The molecule has 0 spiro atoms. The molecule has 0 unspecified atom stereocenters. The molecule has 1 atom stereocenters. The Bertz CT molecular complexity index is 1940. The van der Waals surface area contributed by atoms with Crippen molar-refractivity contribution in [1.82, 2.24) is 14.9 Å². The molecule has 5 aromatic rings. The van der Waals surface area contributed by atoms with E-state index in [1.54, 1.807) is 30.6 Å². The fourth-order valence-electron chi connectivity index (χ4n) is 7.13. The molecule has 0 saturated heterocycles. The van der Waals surface area contributed by atoms with Gasteiger partial charge in [0.1, 0.15) is 18.1 Å². The first-order valence-electron chi connectivity index (χ1n) is 16.2.